The minimum Gasteiger partial charge on any atom is -0.477 e. The van der Waals surface area contributed by atoms with Gasteiger partial charge in [0.05, 0.1) is 12.3 Å². The number of nitrogens with one attached hydrogen (secondary N) is 3. The molecule has 4 rings (SSSR count). The molecule has 2 atom stereocenters. The topological polar surface area (TPSA) is 148 Å². The van der Waals surface area contributed by atoms with Gasteiger partial charge in [-0.15, -0.1) is 22.0 Å². The number of fused-ring (bicyclic) bond motifs is 1. The van der Waals surface area contributed by atoms with Crippen LogP contribution in [0.5, 0.6) is 0 Å². The molecule has 2 amide bonds. The van der Waals surface area contributed by atoms with Crippen LogP contribution in [0.2, 0.25) is 0 Å². The van der Waals surface area contributed by atoms with E-state index in [0.29, 0.717) is 22.8 Å². The first-order valence-electron chi connectivity index (χ1n) is 10.3. The van der Waals surface area contributed by atoms with E-state index >= 15 is 0 Å². The Morgan fingerprint density at radius 3 is 2.71 bits per heavy atom. The van der Waals surface area contributed by atoms with E-state index in [-0.39, 0.29) is 24.7 Å². The van der Waals surface area contributed by atoms with Crippen LogP contribution in [0.4, 0.5) is 0 Å². The number of hydrogen-bond acceptors (Lipinski definition) is 10. The van der Waals surface area contributed by atoms with Crippen molar-refractivity contribution in [1.29, 1.82) is 5.41 Å². The summed E-state index contributed by atoms with van der Waals surface area (Å²) >= 11 is 4.26. The number of benzene rings is 1. The van der Waals surface area contributed by atoms with Crippen molar-refractivity contribution >= 4 is 58.4 Å². The van der Waals surface area contributed by atoms with E-state index in [1.807, 2.05) is 37.3 Å². The van der Waals surface area contributed by atoms with Gasteiger partial charge in [-0.3, -0.25) is 14.5 Å². The van der Waals surface area contributed by atoms with Crippen LogP contribution in [0.15, 0.2) is 45.9 Å². The van der Waals surface area contributed by atoms with Crippen molar-refractivity contribution in [2.24, 2.45) is 0 Å². The quantitative estimate of drug-likeness (QED) is 0.208. The molecule has 0 radical (unpaired) electrons. The fourth-order valence-electron chi connectivity index (χ4n) is 3.55. The predicted octanol–water partition coefficient (Wildman–Crippen LogP) is 1.33. The van der Waals surface area contributed by atoms with Crippen molar-refractivity contribution < 1.29 is 19.5 Å². The number of hydrogen-bond donors (Lipinski definition) is 4. The molecule has 0 bridgehead atoms. The number of aryl methyl sites for hydroxylation is 1. The number of nitrogens with zero attached hydrogens (tertiary/aromatic N) is 3. The minimum absolute atomic E-state index is 0.0116. The Kier molecular flexibility index (Phi) is 7.66. The zero-order chi connectivity index (χ0) is 24.2. The molecule has 13 heteroatoms. The molecule has 10 nitrogen and oxygen atoms in total. The van der Waals surface area contributed by atoms with Crippen LogP contribution in [0, 0.1) is 12.3 Å². The number of β-lactam (4-membered cyclic amide) rings is 1. The number of amides is 2. The largest absolute Gasteiger partial charge is 0.477 e. The average Bonchev–Trinajstić information content (AvgIpc) is 3.25. The standard InChI is InChI=1S/C21H22N6O4S3/c1-11-25-26-21(34-11)33-10-13-9-32-19-16(18(29)27(19)17(13)20(30)31)24-15(28)8-23-7-14(22)12-5-3-2-4-6-12/h2-6,16,19,22-23H,7-10H2,1H3,(H,24,28)(H,30,31)/t16?,19-/m1/s1. The molecular formula is C21H22N6O4S3. The molecule has 0 spiro atoms. The van der Waals surface area contributed by atoms with Gasteiger partial charge >= 0.3 is 5.97 Å². The second-order valence-corrected chi connectivity index (χ2v) is 11.0. The normalized spacial score (nSPS) is 19.4. The van der Waals surface area contributed by atoms with E-state index in [9.17, 15) is 19.5 Å². The Balaban J connectivity index is 1.31. The molecule has 1 aromatic carbocycles. The summed E-state index contributed by atoms with van der Waals surface area (Å²) in [5.74, 6) is -1.13. The minimum atomic E-state index is -1.16. The third-order valence-electron chi connectivity index (χ3n) is 5.15. The molecule has 0 aliphatic carbocycles. The van der Waals surface area contributed by atoms with Crippen LogP contribution in [-0.2, 0) is 14.4 Å². The van der Waals surface area contributed by atoms with Crippen molar-refractivity contribution in [3.8, 4) is 0 Å². The molecule has 2 aliphatic heterocycles. The predicted molar refractivity (Wildman–Crippen MR) is 131 cm³/mol. The fourth-order valence-corrected chi connectivity index (χ4v) is 6.85. The first-order chi connectivity index (χ1) is 16.3. The van der Waals surface area contributed by atoms with E-state index in [1.165, 1.54) is 39.8 Å². The Bertz CT molecular complexity index is 1150. The van der Waals surface area contributed by atoms with Crippen molar-refractivity contribution in [2.75, 3.05) is 24.6 Å². The fraction of sp³-hybridized carbons (Fsp3) is 0.333. The maximum atomic E-state index is 12.8. The Labute approximate surface area is 208 Å². The van der Waals surface area contributed by atoms with Crippen LogP contribution in [0.25, 0.3) is 0 Å². The van der Waals surface area contributed by atoms with E-state index < -0.39 is 23.3 Å². The van der Waals surface area contributed by atoms with E-state index in [1.54, 1.807) is 0 Å². The first-order valence-corrected chi connectivity index (χ1v) is 13.2. The molecule has 1 saturated heterocycles. The number of carbonyl (C=O) groups is 3. The van der Waals surface area contributed by atoms with Gasteiger partial charge in [-0.1, -0.05) is 53.4 Å². The van der Waals surface area contributed by atoms with Gasteiger partial charge in [-0.2, -0.15) is 0 Å². The average molecular weight is 519 g/mol. The summed E-state index contributed by atoms with van der Waals surface area (Å²) in [5, 5.41) is 31.8. The molecule has 0 saturated carbocycles. The summed E-state index contributed by atoms with van der Waals surface area (Å²) in [6.07, 6.45) is 0. The second-order valence-electron chi connectivity index (χ2n) is 7.54. The van der Waals surface area contributed by atoms with Gasteiger partial charge in [0.2, 0.25) is 5.91 Å². The van der Waals surface area contributed by atoms with Crippen molar-refractivity contribution in [3.63, 3.8) is 0 Å². The third kappa shape index (κ3) is 5.32. The van der Waals surface area contributed by atoms with Crippen molar-refractivity contribution in [1.82, 2.24) is 25.7 Å². The van der Waals surface area contributed by atoms with Crippen LogP contribution in [0.1, 0.15) is 10.6 Å². The van der Waals surface area contributed by atoms with Gasteiger partial charge in [0.25, 0.3) is 5.91 Å². The molecule has 178 valence electrons. The lowest BCUT2D eigenvalue weighted by Crippen LogP contribution is -2.71. The van der Waals surface area contributed by atoms with Crippen LogP contribution >= 0.6 is 34.9 Å². The number of aliphatic carboxylic acids is 1. The highest BCUT2D eigenvalue weighted by Gasteiger charge is 2.54. The summed E-state index contributed by atoms with van der Waals surface area (Å²) in [6, 6.07) is 8.41. The number of aromatic nitrogens is 2. The summed E-state index contributed by atoms with van der Waals surface area (Å²) in [6.45, 7) is 2.00. The van der Waals surface area contributed by atoms with Gasteiger partial charge in [0.15, 0.2) is 4.34 Å². The smallest absolute Gasteiger partial charge is 0.352 e. The summed E-state index contributed by atoms with van der Waals surface area (Å²) in [4.78, 5) is 38.3. The van der Waals surface area contributed by atoms with Gasteiger partial charge in [0, 0.05) is 18.1 Å². The molecule has 3 heterocycles. The van der Waals surface area contributed by atoms with Gasteiger partial charge in [0.1, 0.15) is 22.1 Å². The van der Waals surface area contributed by atoms with Gasteiger partial charge in [-0.05, 0) is 18.1 Å². The number of carboxylic acid groups (broad SMARTS) is 1. The SMILES string of the molecule is Cc1nnc(SCC2=C(C(=O)O)N3C(=O)C(NC(=O)CNCC(=N)c4ccccc4)[C@H]3SC2)s1. The highest BCUT2D eigenvalue weighted by Crippen LogP contribution is 2.41. The second kappa shape index (κ2) is 10.7. The van der Waals surface area contributed by atoms with E-state index in [4.69, 9.17) is 5.41 Å². The lowest BCUT2D eigenvalue weighted by Gasteiger charge is -2.49. The molecule has 1 aromatic heterocycles. The molecule has 2 aliphatic rings. The van der Waals surface area contributed by atoms with Crippen molar-refractivity contribution in [2.45, 2.75) is 22.7 Å². The summed E-state index contributed by atoms with van der Waals surface area (Å²) in [5.41, 5.74) is 1.75. The number of carboxylic acids is 1. The number of carbonyl (C=O) groups excluding carboxylic acids is 2. The molecule has 4 N–H and O–H groups in total. The number of rotatable bonds is 10. The summed E-state index contributed by atoms with van der Waals surface area (Å²) < 4.78 is 0.745. The molecule has 2 aromatic rings. The van der Waals surface area contributed by atoms with Crippen LogP contribution < -0.4 is 10.6 Å². The highest BCUT2D eigenvalue weighted by atomic mass is 32.2. The van der Waals surface area contributed by atoms with Crippen LogP contribution in [0.3, 0.4) is 0 Å². The van der Waals surface area contributed by atoms with Gasteiger partial charge < -0.3 is 21.1 Å². The maximum Gasteiger partial charge on any atom is 0.352 e. The zero-order valence-electron chi connectivity index (χ0n) is 18.1. The van der Waals surface area contributed by atoms with Crippen molar-refractivity contribution in [3.05, 3.63) is 52.2 Å². The highest BCUT2D eigenvalue weighted by molar-refractivity contribution is 8.01. The third-order valence-corrected chi connectivity index (χ3v) is 8.55. The van der Waals surface area contributed by atoms with E-state index in [0.717, 1.165) is 14.9 Å². The number of thioether (sulfide) groups is 2. The first kappa shape index (κ1) is 24.4. The Morgan fingerprint density at radius 2 is 2.03 bits per heavy atom. The Morgan fingerprint density at radius 1 is 1.26 bits per heavy atom. The van der Waals surface area contributed by atoms with E-state index in [2.05, 4.69) is 20.8 Å². The molecule has 34 heavy (non-hydrogen) atoms. The summed E-state index contributed by atoms with van der Waals surface area (Å²) in [7, 11) is 0. The van der Waals surface area contributed by atoms with Crippen LogP contribution in [-0.4, -0.2) is 79.7 Å². The maximum absolute atomic E-state index is 12.8. The molecular weight excluding hydrogens is 496 g/mol. The Hall–Kier alpha value is -2.74. The lowest BCUT2D eigenvalue weighted by molar-refractivity contribution is -0.150. The lowest BCUT2D eigenvalue weighted by atomic mass is 10.0. The molecule has 1 fully saturated rings. The zero-order valence-corrected chi connectivity index (χ0v) is 20.6. The van der Waals surface area contributed by atoms with Gasteiger partial charge in [-0.25, -0.2) is 4.79 Å². The monoisotopic (exact) mass is 518 g/mol. The molecule has 1 unspecified atom stereocenters.